The minimum Gasteiger partial charge on any atom is -0.493 e. The molecule has 2 amide bonds. The van der Waals surface area contributed by atoms with Crippen molar-refractivity contribution in [3.8, 4) is 11.5 Å². The van der Waals surface area contributed by atoms with Crippen LogP contribution in [0.1, 0.15) is 16.7 Å². The molecule has 1 aliphatic rings. The second-order valence-electron chi connectivity index (χ2n) is 6.73. The highest BCUT2D eigenvalue weighted by Crippen LogP contribution is 2.34. The fourth-order valence-corrected chi connectivity index (χ4v) is 4.15. The smallest absolute Gasteiger partial charge is 0.266 e. The van der Waals surface area contributed by atoms with Gasteiger partial charge in [0.05, 0.1) is 19.1 Å². The normalized spacial score (nSPS) is 14.9. The van der Waals surface area contributed by atoms with Crippen LogP contribution in [-0.2, 0) is 9.59 Å². The Bertz CT molecular complexity index is 1050. The van der Waals surface area contributed by atoms with Gasteiger partial charge < -0.3 is 14.8 Å². The summed E-state index contributed by atoms with van der Waals surface area (Å²) in [5, 5.41) is 2.82. The number of hydrogen-bond donors (Lipinski definition) is 1. The zero-order valence-electron chi connectivity index (χ0n) is 17.1. The number of aryl methyl sites for hydroxylation is 2. The third-order valence-corrected chi connectivity index (χ3v) is 6.05. The lowest BCUT2D eigenvalue weighted by atomic mass is 10.1. The average molecular weight is 443 g/mol. The minimum atomic E-state index is -0.304. The Labute approximate surface area is 185 Å². The number of nitrogens with one attached hydrogen (secondary N) is 1. The number of hydrogen-bond acceptors (Lipinski definition) is 6. The molecular formula is C22H22N2O4S2. The number of carbonyl (C=O) groups is 2. The van der Waals surface area contributed by atoms with Gasteiger partial charge in [-0.1, -0.05) is 36.1 Å². The molecule has 1 heterocycles. The highest BCUT2D eigenvalue weighted by Gasteiger charge is 2.33. The quantitative estimate of drug-likeness (QED) is 0.535. The van der Waals surface area contributed by atoms with Gasteiger partial charge >= 0.3 is 0 Å². The summed E-state index contributed by atoms with van der Waals surface area (Å²) >= 11 is 6.49. The number of benzene rings is 2. The maximum Gasteiger partial charge on any atom is 0.266 e. The molecule has 1 N–H and O–H groups in total. The summed E-state index contributed by atoms with van der Waals surface area (Å²) in [5.41, 5.74) is 3.68. The topological polar surface area (TPSA) is 67.9 Å². The van der Waals surface area contributed by atoms with Gasteiger partial charge in [-0.25, -0.2) is 0 Å². The minimum absolute atomic E-state index is 0.138. The van der Waals surface area contributed by atoms with Gasteiger partial charge in [-0.15, -0.1) is 0 Å². The molecule has 1 aliphatic heterocycles. The molecule has 0 aliphatic carbocycles. The number of thiocarbonyl (C=S) groups is 1. The van der Waals surface area contributed by atoms with Crippen LogP contribution < -0.4 is 14.8 Å². The first-order chi connectivity index (χ1) is 14.3. The number of thioether (sulfide) groups is 1. The Balaban J connectivity index is 1.72. The molecule has 3 rings (SSSR count). The first-order valence-electron chi connectivity index (χ1n) is 9.17. The average Bonchev–Trinajstić information content (AvgIpc) is 2.98. The monoisotopic (exact) mass is 442 g/mol. The van der Waals surface area contributed by atoms with E-state index in [1.54, 1.807) is 32.4 Å². The molecule has 1 saturated heterocycles. The first kappa shape index (κ1) is 21.9. The van der Waals surface area contributed by atoms with Gasteiger partial charge in [0.1, 0.15) is 10.9 Å². The van der Waals surface area contributed by atoms with Crippen molar-refractivity contribution in [2.75, 3.05) is 26.1 Å². The van der Waals surface area contributed by atoms with Gasteiger partial charge in [-0.2, -0.15) is 0 Å². The van der Waals surface area contributed by atoms with E-state index in [9.17, 15) is 9.59 Å². The Morgan fingerprint density at radius 2 is 1.83 bits per heavy atom. The van der Waals surface area contributed by atoms with Crippen molar-refractivity contribution >= 4 is 51.9 Å². The second-order valence-corrected chi connectivity index (χ2v) is 8.41. The Kier molecular flexibility index (Phi) is 6.79. The molecule has 0 aromatic heterocycles. The van der Waals surface area contributed by atoms with E-state index >= 15 is 0 Å². The first-order valence-corrected chi connectivity index (χ1v) is 10.4. The van der Waals surface area contributed by atoms with Crippen LogP contribution in [0.3, 0.4) is 0 Å². The summed E-state index contributed by atoms with van der Waals surface area (Å²) in [6.45, 7) is 3.85. The highest BCUT2D eigenvalue weighted by molar-refractivity contribution is 8.26. The SMILES string of the molecule is COc1ccc(/C=C2/SC(=S)N(CC(=O)Nc3ccc(C)c(C)c3)C2=O)cc1OC. The van der Waals surface area contributed by atoms with Gasteiger partial charge in [0.25, 0.3) is 5.91 Å². The van der Waals surface area contributed by atoms with Crippen LogP contribution in [0.15, 0.2) is 41.3 Å². The van der Waals surface area contributed by atoms with Crippen molar-refractivity contribution in [2.24, 2.45) is 0 Å². The van der Waals surface area contributed by atoms with Gasteiger partial charge in [0, 0.05) is 5.69 Å². The number of rotatable bonds is 6. The van der Waals surface area contributed by atoms with Crippen molar-refractivity contribution < 1.29 is 19.1 Å². The van der Waals surface area contributed by atoms with E-state index in [0.717, 1.165) is 16.7 Å². The predicted octanol–water partition coefficient (Wildman–Crippen LogP) is 4.16. The molecule has 2 aromatic rings. The van der Waals surface area contributed by atoms with E-state index in [4.69, 9.17) is 21.7 Å². The molecule has 8 heteroatoms. The van der Waals surface area contributed by atoms with Crippen molar-refractivity contribution in [1.82, 2.24) is 4.90 Å². The van der Waals surface area contributed by atoms with Crippen molar-refractivity contribution in [2.45, 2.75) is 13.8 Å². The van der Waals surface area contributed by atoms with Crippen LogP contribution in [0.2, 0.25) is 0 Å². The van der Waals surface area contributed by atoms with Gasteiger partial charge in [0.2, 0.25) is 5.91 Å². The summed E-state index contributed by atoms with van der Waals surface area (Å²) in [6.07, 6.45) is 1.72. The summed E-state index contributed by atoms with van der Waals surface area (Å²) in [4.78, 5) is 27.0. The van der Waals surface area contributed by atoms with Crippen LogP contribution in [-0.4, -0.2) is 41.8 Å². The number of ether oxygens (including phenoxy) is 2. The molecule has 0 bridgehead atoms. The molecule has 1 fully saturated rings. The van der Waals surface area contributed by atoms with Crippen molar-refractivity contribution in [1.29, 1.82) is 0 Å². The molecule has 0 spiro atoms. The summed E-state index contributed by atoms with van der Waals surface area (Å²) < 4.78 is 10.9. The molecule has 0 atom stereocenters. The molecule has 2 aromatic carbocycles. The van der Waals surface area contributed by atoms with Gasteiger partial charge in [-0.05, 0) is 60.9 Å². The third kappa shape index (κ3) is 4.83. The highest BCUT2D eigenvalue weighted by atomic mass is 32.2. The number of carbonyl (C=O) groups excluding carboxylic acids is 2. The van der Waals surface area contributed by atoms with E-state index in [1.165, 1.54) is 16.7 Å². The Morgan fingerprint density at radius 1 is 1.10 bits per heavy atom. The lowest BCUT2D eigenvalue weighted by Gasteiger charge is -2.14. The maximum atomic E-state index is 12.8. The summed E-state index contributed by atoms with van der Waals surface area (Å²) in [6, 6.07) is 11.0. The van der Waals surface area contributed by atoms with Crippen molar-refractivity contribution in [3.63, 3.8) is 0 Å². The Hall–Kier alpha value is -2.84. The molecule has 30 heavy (non-hydrogen) atoms. The number of nitrogens with zero attached hydrogens (tertiary/aromatic N) is 1. The maximum absolute atomic E-state index is 12.8. The predicted molar refractivity (Wildman–Crippen MR) is 124 cm³/mol. The fourth-order valence-electron chi connectivity index (χ4n) is 2.89. The van der Waals surface area contributed by atoms with Crippen LogP contribution in [0.5, 0.6) is 11.5 Å². The van der Waals surface area contributed by atoms with E-state index in [0.29, 0.717) is 26.4 Å². The van der Waals surface area contributed by atoms with E-state index in [2.05, 4.69) is 5.32 Å². The number of anilines is 1. The lowest BCUT2D eigenvalue weighted by Crippen LogP contribution is -2.36. The van der Waals surface area contributed by atoms with Crippen LogP contribution in [0.25, 0.3) is 6.08 Å². The zero-order chi connectivity index (χ0) is 21.8. The van der Waals surface area contributed by atoms with E-state index < -0.39 is 0 Å². The largest absolute Gasteiger partial charge is 0.493 e. The lowest BCUT2D eigenvalue weighted by molar-refractivity contribution is -0.126. The van der Waals surface area contributed by atoms with Crippen LogP contribution in [0.4, 0.5) is 5.69 Å². The molecule has 0 radical (unpaired) electrons. The zero-order valence-corrected chi connectivity index (χ0v) is 18.8. The molecule has 156 valence electrons. The van der Waals surface area contributed by atoms with E-state index in [1.807, 2.05) is 38.1 Å². The standard InChI is InChI=1S/C22H22N2O4S2/c1-13-5-7-16(9-14(13)2)23-20(25)12-24-21(26)19(30-22(24)29)11-15-6-8-17(27-3)18(10-15)28-4/h5-11H,12H2,1-4H3,(H,23,25)/b19-11+. The fraction of sp³-hybridized carbons (Fsp3) is 0.227. The number of methoxy groups -OCH3 is 2. The molecule has 0 unspecified atom stereocenters. The summed E-state index contributed by atoms with van der Waals surface area (Å²) in [5.74, 6) is 0.566. The molecule has 0 saturated carbocycles. The van der Waals surface area contributed by atoms with E-state index in [-0.39, 0.29) is 18.4 Å². The van der Waals surface area contributed by atoms with Crippen LogP contribution in [0, 0.1) is 13.8 Å². The molecule has 6 nitrogen and oxygen atoms in total. The van der Waals surface area contributed by atoms with Crippen molar-refractivity contribution in [3.05, 3.63) is 58.0 Å². The second kappa shape index (κ2) is 9.32. The van der Waals surface area contributed by atoms with Gasteiger partial charge in [0.15, 0.2) is 11.5 Å². The Morgan fingerprint density at radius 3 is 2.50 bits per heavy atom. The molecular weight excluding hydrogens is 420 g/mol. The van der Waals surface area contributed by atoms with Crippen LogP contribution >= 0.6 is 24.0 Å². The van der Waals surface area contributed by atoms with Gasteiger partial charge in [-0.3, -0.25) is 14.5 Å². The third-order valence-electron chi connectivity index (χ3n) is 4.67. The summed E-state index contributed by atoms with van der Waals surface area (Å²) in [7, 11) is 3.11. The number of amides is 2.